The van der Waals surface area contributed by atoms with E-state index in [0.717, 1.165) is 22.9 Å². The van der Waals surface area contributed by atoms with E-state index in [2.05, 4.69) is 45.2 Å². The van der Waals surface area contributed by atoms with E-state index in [9.17, 15) is 0 Å². The third kappa shape index (κ3) is 2.30. The van der Waals surface area contributed by atoms with E-state index >= 15 is 0 Å². The van der Waals surface area contributed by atoms with Gasteiger partial charge in [-0.2, -0.15) is 0 Å². The van der Waals surface area contributed by atoms with Crippen LogP contribution in [0.1, 0.15) is 44.0 Å². The Bertz CT molecular complexity index is 582. The highest BCUT2D eigenvalue weighted by Gasteiger charge is 2.22. The summed E-state index contributed by atoms with van der Waals surface area (Å²) in [5.74, 6) is 2.03. The molecule has 1 saturated carbocycles. The van der Waals surface area contributed by atoms with Gasteiger partial charge in [0.1, 0.15) is 5.82 Å². The van der Waals surface area contributed by atoms with Gasteiger partial charge in [-0.1, -0.05) is 31.4 Å². The first-order valence-corrected chi connectivity index (χ1v) is 7.50. The molecule has 1 aliphatic carbocycles. The summed E-state index contributed by atoms with van der Waals surface area (Å²) in [5.41, 5.74) is 2.25. The number of rotatable bonds is 3. The Morgan fingerprint density at radius 3 is 2.60 bits per heavy atom. The van der Waals surface area contributed by atoms with Crippen LogP contribution in [0.5, 0.6) is 0 Å². The van der Waals surface area contributed by atoms with Gasteiger partial charge >= 0.3 is 0 Å². The lowest BCUT2D eigenvalue weighted by molar-refractivity contribution is 0.350. The Kier molecular flexibility index (Phi) is 3.72. The minimum atomic E-state index is 0.554. The molecule has 20 heavy (non-hydrogen) atoms. The number of nitrogens with one attached hydrogen (secondary N) is 1. The summed E-state index contributed by atoms with van der Waals surface area (Å²) in [6, 6.07) is 8.87. The van der Waals surface area contributed by atoms with Crippen LogP contribution >= 0.6 is 0 Å². The normalized spacial score (nSPS) is 16.3. The molecule has 1 N–H and O–H groups in total. The lowest BCUT2D eigenvalue weighted by Gasteiger charge is -2.25. The molecule has 0 saturated heterocycles. The molecule has 0 aliphatic heterocycles. The number of hydrogen-bond donors (Lipinski definition) is 1. The Balaban J connectivity index is 2.05. The van der Waals surface area contributed by atoms with Crippen molar-refractivity contribution in [1.29, 1.82) is 0 Å². The predicted molar refractivity (Wildman–Crippen MR) is 81.9 cm³/mol. The molecule has 2 aromatic rings. The van der Waals surface area contributed by atoms with Crippen molar-refractivity contribution in [3.63, 3.8) is 0 Å². The Morgan fingerprint density at radius 1 is 1.10 bits per heavy atom. The molecule has 4 nitrogen and oxygen atoms in total. The van der Waals surface area contributed by atoms with Gasteiger partial charge in [-0.3, -0.25) is 0 Å². The zero-order valence-corrected chi connectivity index (χ0v) is 12.3. The summed E-state index contributed by atoms with van der Waals surface area (Å²) >= 11 is 0. The first kappa shape index (κ1) is 13.2. The maximum Gasteiger partial charge on any atom is 0.166 e. The van der Waals surface area contributed by atoms with Gasteiger partial charge in [0.25, 0.3) is 0 Å². The van der Waals surface area contributed by atoms with Crippen LogP contribution in [0, 0.1) is 6.92 Å². The number of anilines is 1. The van der Waals surface area contributed by atoms with Crippen molar-refractivity contribution >= 4 is 5.69 Å². The third-order valence-corrected chi connectivity index (χ3v) is 4.24. The fourth-order valence-electron chi connectivity index (χ4n) is 3.23. The molecule has 1 aromatic carbocycles. The Labute approximate surface area is 120 Å². The van der Waals surface area contributed by atoms with Gasteiger partial charge in [0.15, 0.2) is 5.82 Å². The molecule has 0 unspecified atom stereocenters. The Hall–Kier alpha value is -1.84. The maximum atomic E-state index is 4.44. The molecular weight excluding hydrogens is 248 g/mol. The van der Waals surface area contributed by atoms with Crippen molar-refractivity contribution in [2.75, 3.05) is 12.4 Å². The average molecular weight is 270 g/mol. The molecule has 0 spiro atoms. The number of aryl methyl sites for hydroxylation is 1. The minimum Gasteiger partial charge on any atom is -0.388 e. The van der Waals surface area contributed by atoms with E-state index in [1.165, 1.54) is 32.1 Å². The molecule has 1 heterocycles. The second kappa shape index (κ2) is 5.65. The molecule has 0 radical (unpaired) electrons. The summed E-state index contributed by atoms with van der Waals surface area (Å²) in [6.07, 6.45) is 6.48. The van der Waals surface area contributed by atoms with Crippen molar-refractivity contribution < 1.29 is 0 Å². The molecule has 0 amide bonds. The van der Waals surface area contributed by atoms with E-state index in [-0.39, 0.29) is 0 Å². The van der Waals surface area contributed by atoms with Crippen LogP contribution in [0.15, 0.2) is 24.3 Å². The lowest BCUT2D eigenvalue weighted by Crippen LogP contribution is -2.15. The second-order valence-corrected chi connectivity index (χ2v) is 5.53. The van der Waals surface area contributed by atoms with Crippen LogP contribution < -0.4 is 5.32 Å². The maximum absolute atomic E-state index is 4.44. The highest BCUT2D eigenvalue weighted by Crippen LogP contribution is 2.34. The second-order valence-electron chi connectivity index (χ2n) is 5.53. The zero-order valence-electron chi connectivity index (χ0n) is 12.3. The van der Waals surface area contributed by atoms with E-state index in [4.69, 9.17) is 0 Å². The standard InChI is InChI=1S/C16H22N4/c1-12-18-19-16(14-10-6-7-11-15(14)17-2)20(12)13-8-4-3-5-9-13/h6-7,10-11,13,17H,3-5,8-9H2,1-2H3. The van der Waals surface area contributed by atoms with Crippen LogP contribution in [0.3, 0.4) is 0 Å². The van der Waals surface area contributed by atoms with Crippen molar-refractivity contribution in [3.8, 4) is 11.4 Å². The average Bonchev–Trinajstić information content (AvgIpc) is 2.89. The topological polar surface area (TPSA) is 42.7 Å². The van der Waals surface area contributed by atoms with Crippen molar-refractivity contribution in [2.45, 2.75) is 45.1 Å². The fourth-order valence-corrected chi connectivity index (χ4v) is 3.23. The van der Waals surface area contributed by atoms with Gasteiger partial charge in [0, 0.05) is 24.3 Å². The number of benzene rings is 1. The largest absolute Gasteiger partial charge is 0.388 e. The van der Waals surface area contributed by atoms with Gasteiger partial charge in [-0.25, -0.2) is 0 Å². The highest BCUT2D eigenvalue weighted by molar-refractivity contribution is 5.73. The summed E-state index contributed by atoms with van der Waals surface area (Å²) < 4.78 is 2.34. The van der Waals surface area contributed by atoms with Gasteiger partial charge in [0.05, 0.1) is 0 Å². The third-order valence-electron chi connectivity index (χ3n) is 4.24. The monoisotopic (exact) mass is 270 g/mol. The number of nitrogens with zero attached hydrogens (tertiary/aromatic N) is 3. The van der Waals surface area contributed by atoms with E-state index < -0.39 is 0 Å². The summed E-state index contributed by atoms with van der Waals surface area (Å²) in [7, 11) is 1.95. The van der Waals surface area contributed by atoms with Gasteiger partial charge < -0.3 is 9.88 Å². The highest BCUT2D eigenvalue weighted by atomic mass is 15.3. The van der Waals surface area contributed by atoms with E-state index in [1.54, 1.807) is 0 Å². The van der Waals surface area contributed by atoms with Crippen molar-refractivity contribution in [2.24, 2.45) is 0 Å². The quantitative estimate of drug-likeness (QED) is 0.922. The SMILES string of the molecule is CNc1ccccc1-c1nnc(C)n1C1CCCCC1. The van der Waals surface area contributed by atoms with Crippen LogP contribution in [0.25, 0.3) is 11.4 Å². The zero-order chi connectivity index (χ0) is 13.9. The minimum absolute atomic E-state index is 0.554. The van der Waals surface area contributed by atoms with Gasteiger partial charge in [-0.15, -0.1) is 10.2 Å². The predicted octanol–water partition coefficient (Wildman–Crippen LogP) is 3.80. The molecule has 106 valence electrons. The van der Waals surface area contributed by atoms with E-state index in [1.807, 2.05) is 13.1 Å². The summed E-state index contributed by atoms with van der Waals surface area (Å²) in [6.45, 7) is 2.06. The summed E-state index contributed by atoms with van der Waals surface area (Å²) in [5, 5.41) is 12.0. The molecule has 0 bridgehead atoms. The van der Waals surface area contributed by atoms with Crippen LogP contribution in [-0.4, -0.2) is 21.8 Å². The van der Waals surface area contributed by atoms with Crippen LogP contribution in [0.2, 0.25) is 0 Å². The molecular formula is C16H22N4. The molecule has 0 atom stereocenters. The molecule has 1 aliphatic rings. The molecule has 1 fully saturated rings. The Morgan fingerprint density at radius 2 is 1.85 bits per heavy atom. The van der Waals surface area contributed by atoms with Gasteiger partial charge in [-0.05, 0) is 31.9 Å². The van der Waals surface area contributed by atoms with Crippen molar-refractivity contribution in [1.82, 2.24) is 14.8 Å². The molecule has 4 heteroatoms. The number of para-hydroxylation sites is 1. The van der Waals surface area contributed by atoms with Crippen LogP contribution in [-0.2, 0) is 0 Å². The first-order chi connectivity index (χ1) is 9.81. The smallest absolute Gasteiger partial charge is 0.166 e. The van der Waals surface area contributed by atoms with E-state index in [0.29, 0.717) is 6.04 Å². The molecule has 3 rings (SSSR count). The first-order valence-electron chi connectivity index (χ1n) is 7.50. The molecule has 1 aromatic heterocycles. The van der Waals surface area contributed by atoms with Crippen molar-refractivity contribution in [3.05, 3.63) is 30.1 Å². The fraction of sp³-hybridized carbons (Fsp3) is 0.500. The van der Waals surface area contributed by atoms with Crippen LogP contribution in [0.4, 0.5) is 5.69 Å². The van der Waals surface area contributed by atoms with Gasteiger partial charge in [0.2, 0.25) is 0 Å². The lowest BCUT2D eigenvalue weighted by atomic mass is 9.95. The number of hydrogen-bond acceptors (Lipinski definition) is 3. The summed E-state index contributed by atoms with van der Waals surface area (Å²) in [4.78, 5) is 0. The number of aromatic nitrogens is 3.